The predicted octanol–water partition coefficient (Wildman–Crippen LogP) is 3.22. The Labute approximate surface area is 166 Å². The number of halogens is 1. The molecular weight excluding hydrogens is 433 g/mol. The van der Waals surface area contributed by atoms with Crippen molar-refractivity contribution in [2.75, 3.05) is 20.6 Å². The Morgan fingerprint density at radius 2 is 2.21 bits per heavy atom. The van der Waals surface area contributed by atoms with E-state index < -0.39 is 0 Å². The summed E-state index contributed by atoms with van der Waals surface area (Å²) >= 11 is 1.80. The molecule has 0 saturated carbocycles. The highest BCUT2D eigenvalue weighted by molar-refractivity contribution is 14.0. The first-order valence-electron chi connectivity index (χ1n) is 8.02. The Balaban J connectivity index is 0.00000288. The second kappa shape index (κ2) is 10.0. The minimum Gasteiger partial charge on any atom is -0.356 e. The number of aliphatic imine (C=N–C) groups is 1. The van der Waals surface area contributed by atoms with E-state index in [-0.39, 0.29) is 24.0 Å². The lowest BCUT2D eigenvalue weighted by molar-refractivity contribution is 0.462. The number of hydrogen-bond donors (Lipinski definition) is 1. The van der Waals surface area contributed by atoms with Gasteiger partial charge in [0, 0.05) is 50.9 Å². The van der Waals surface area contributed by atoms with Crippen molar-refractivity contribution in [3.63, 3.8) is 0 Å². The van der Waals surface area contributed by atoms with Crippen LogP contribution >= 0.6 is 35.3 Å². The maximum Gasteiger partial charge on any atom is 0.193 e. The maximum absolute atomic E-state index is 4.69. The molecule has 0 saturated heterocycles. The normalized spacial score (nSPS) is 11.3. The average molecular weight is 461 g/mol. The third-order valence-electron chi connectivity index (χ3n) is 3.92. The van der Waals surface area contributed by atoms with Gasteiger partial charge in [0.25, 0.3) is 0 Å². The van der Waals surface area contributed by atoms with Crippen LogP contribution in [-0.2, 0) is 26.4 Å². The van der Waals surface area contributed by atoms with Gasteiger partial charge in [0.15, 0.2) is 5.96 Å². The van der Waals surface area contributed by atoms with Gasteiger partial charge >= 0.3 is 0 Å². The smallest absolute Gasteiger partial charge is 0.193 e. The van der Waals surface area contributed by atoms with Crippen molar-refractivity contribution in [1.82, 2.24) is 19.8 Å². The number of guanidine groups is 1. The zero-order valence-corrected chi connectivity index (χ0v) is 18.3. The zero-order valence-electron chi connectivity index (χ0n) is 15.2. The number of aryl methyl sites for hydroxylation is 3. The van der Waals surface area contributed by atoms with Crippen LogP contribution in [0.5, 0.6) is 0 Å². The molecule has 2 heterocycles. The van der Waals surface area contributed by atoms with Crippen LogP contribution in [0, 0.1) is 6.92 Å². The third kappa shape index (κ3) is 5.47. The van der Waals surface area contributed by atoms with Crippen molar-refractivity contribution in [2.24, 2.45) is 12.0 Å². The Bertz CT molecular complexity index is 662. The molecule has 2 aromatic heterocycles. The van der Waals surface area contributed by atoms with Crippen LogP contribution in [0.4, 0.5) is 0 Å². The van der Waals surface area contributed by atoms with Crippen molar-refractivity contribution in [3.8, 4) is 0 Å². The summed E-state index contributed by atoms with van der Waals surface area (Å²) in [5, 5.41) is 4.63. The largest absolute Gasteiger partial charge is 0.356 e. The minimum absolute atomic E-state index is 0. The van der Waals surface area contributed by atoms with Crippen LogP contribution in [0.15, 0.2) is 23.3 Å². The van der Waals surface area contributed by atoms with Gasteiger partial charge in [-0.05, 0) is 25.5 Å². The van der Waals surface area contributed by atoms with Gasteiger partial charge in [-0.25, -0.2) is 4.98 Å². The van der Waals surface area contributed by atoms with Crippen molar-refractivity contribution in [1.29, 1.82) is 0 Å². The molecule has 134 valence electrons. The molecule has 1 N–H and O–H groups in total. The number of nitrogens with one attached hydrogen (secondary N) is 1. The first kappa shape index (κ1) is 21.0. The second-order valence-electron chi connectivity index (χ2n) is 5.65. The topological polar surface area (TPSA) is 45.5 Å². The predicted molar refractivity (Wildman–Crippen MR) is 114 cm³/mol. The van der Waals surface area contributed by atoms with Crippen LogP contribution in [0.3, 0.4) is 0 Å². The fraction of sp³-hybridized carbons (Fsp3) is 0.529. The van der Waals surface area contributed by atoms with E-state index in [1.807, 2.05) is 7.05 Å². The van der Waals surface area contributed by atoms with Gasteiger partial charge in [0.2, 0.25) is 0 Å². The van der Waals surface area contributed by atoms with Gasteiger partial charge < -0.3 is 14.8 Å². The summed E-state index contributed by atoms with van der Waals surface area (Å²) in [5.41, 5.74) is 2.49. The zero-order chi connectivity index (χ0) is 16.8. The van der Waals surface area contributed by atoms with Crippen LogP contribution < -0.4 is 5.32 Å². The highest BCUT2D eigenvalue weighted by Crippen LogP contribution is 2.18. The SMILES string of the molecule is CCc1nc(CCNC(=NC)N(C)Cc2cccn2C)sc1C.I. The number of thiazole rings is 1. The molecule has 0 spiro atoms. The molecule has 7 heteroatoms. The fourth-order valence-electron chi connectivity index (χ4n) is 2.57. The first-order valence-corrected chi connectivity index (χ1v) is 8.84. The van der Waals surface area contributed by atoms with Crippen molar-refractivity contribution in [2.45, 2.75) is 33.2 Å². The van der Waals surface area contributed by atoms with Crippen LogP contribution in [-0.4, -0.2) is 41.1 Å². The highest BCUT2D eigenvalue weighted by Gasteiger charge is 2.09. The Hall–Kier alpha value is -1.09. The molecule has 0 unspecified atom stereocenters. The molecular formula is C17H28IN5S. The van der Waals surface area contributed by atoms with Gasteiger partial charge in [0.05, 0.1) is 17.2 Å². The molecule has 0 aliphatic rings. The van der Waals surface area contributed by atoms with E-state index in [4.69, 9.17) is 0 Å². The molecule has 5 nitrogen and oxygen atoms in total. The van der Waals surface area contributed by atoms with E-state index in [2.05, 4.69) is 71.0 Å². The Morgan fingerprint density at radius 3 is 2.75 bits per heavy atom. The molecule has 0 radical (unpaired) electrons. The van der Waals surface area contributed by atoms with E-state index >= 15 is 0 Å². The minimum atomic E-state index is 0. The summed E-state index contributed by atoms with van der Waals surface area (Å²) in [6.07, 6.45) is 4.01. The van der Waals surface area contributed by atoms with Crippen LogP contribution in [0.25, 0.3) is 0 Å². The average Bonchev–Trinajstić information content (AvgIpc) is 3.09. The molecule has 0 atom stereocenters. The lowest BCUT2D eigenvalue weighted by Gasteiger charge is -2.22. The second-order valence-corrected chi connectivity index (χ2v) is 6.94. The highest BCUT2D eigenvalue weighted by atomic mass is 127. The maximum atomic E-state index is 4.69. The molecule has 0 bridgehead atoms. The molecule has 24 heavy (non-hydrogen) atoms. The Kier molecular flexibility index (Phi) is 8.75. The number of nitrogens with zero attached hydrogens (tertiary/aromatic N) is 4. The molecule has 2 aromatic rings. The van der Waals surface area contributed by atoms with Gasteiger partial charge in [-0.15, -0.1) is 35.3 Å². The van der Waals surface area contributed by atoms with E-state index in [0.29, 0.717) is 0 Å². The summed E-state index contributed by atoms with van der Waals surface area (Å²) in [4.78, 5) is 12.5. The molecule has 2 rings (SSSR count). The van der Waals surface area contributed by atoms with E-state index in [1.165, 1.54) is 21.3 Å². The lowest BCUT2D eigenvalue weighted by Crippen LogP contribution is -2.39. The van der Waals surface area contributed by atoms with Gasteiger partial charge in [0.1, 0.15) is 0 Å². The van der Waals surface area contributed by atoms with Crippen LogP contribution in [0.2, 0.25) is 0 Å². The summed E-state index contributed by atoms with van der Waals surface area (Å²) in [6, 6.07) is 4.20. The standard InChI is InChI=1S/C17H27N5S.HI/c1-6-15-13(2)23-16(20-15)9-10-19-17(18-3)22(5)12-14-8-7-11-21(14)4;/h7-8,11H,6,9-10,12H2,1-5H3,(H,18,19);1H. The quantitative estimate of drug-likeness (QED) is 0.408. The van der Waals surface area contributed by atoms with Gasteiger partial charge in [-0.1, -0.05) is 6.92 Å². The first-order chi connectivity index (χ1) is 11.0. The van der Waals surface area contributed by atoms with Gasteiger partial charge in [-0.2, -0.15) is 0 Å². The summed E-state index contributed by atoms with van der Waals surface area (Å²) in [5.74, 6) is 0.912. The molecule has 0 aliphatic heterocycles. The monoisotopic (exact) mass is 461 g/mol. The van der Waals surface area contributed by atoms with E-state index in [1.54, 1.807) is 11.3 Å². The summed E-state index contributed by atoms with van der Waals surface area (Å²) in [6.45, 7) is 5.99. The molecule has 0 fully saturated rings. The third-order valence-corrected chi connectivity index (χ3v) is 4.99. The van der Waals surface area contributed by atoms with Crippen molar-refractivity contribution >= 4 is 41.3 Å². The van der Waals surface area contributed by atoms with E-state index in [0.717, 1.165) is 31.9 Å². The van der Waals surface area contributed by atoms with Crippen molar-refractivity contribution in [3.05, 3.63) is 39.6 Å². The van der Waals surface area contributed by atoms with E-state index in [9.17, 15) is 0 Å². The summed E-state index contributed by atoms with van der Waals surface area (Å²) in [7, 11) is 5.95. The summed E-state index contributed by atoms with van der Waals surface area (Å²) < 4.78 is 2.13. The molecule has 0 aromatic carbocycles. The number of aromatic nitrogens is 2. The molecule has 0 aliphatic carbocycles. The Morgan fingerprint density at radius 1 is 1.46 bits per heavy atom. The number of hydrogen-bond acceptors (Lipinski definition) is 3. The lowest BCUT2D eigenvalue weighted by atomic mass is 10.3. The molecule has 0 amide bonds. The van der Waals surface area contributed by atoms with Crippen molar-refractivity contribution < 1.29 is 0 Å². The van der Waals surface area contributed by atoms with Gasteiger partial charge in [-0.3, -0.25) is 4.99 Å². The van der Waals surface area contributed by atoms with Crippen LogP contribution in [0.1, 0.15) is 28.2 Å². The fourth-order valence-corrected chi connectivity index (χ4v) is 3.59. The number of rotatable bonds is 6.